The van der Waals surface area contributed by atoms with Crippen LogP contribution in [-0.4, -0.2) is 29.8 Å². The molecule has 1 aliphatic carbocycles. The van der Waals surface area contributed by atoms with Crippen molar-refractivity contribution in [2.45, 2.75) is 37.8 Å². The van der Waals surface area contributed by atoms with Gasteiger partial charge in [-0.25, -0.2) is 0 Å². The van der Waals surface area contributed by atoms with Crippen LogP contribution >= 0.6 is 0 Å². The molecule has 0 heterocycles. The van der Waals surface area contributed by atoms with E-state index in [1.807, 2.05) is 0 Å². The van der Waals surface area contributed by atoms with Gasteiger partial charge in [0.15, 0.2) is 0 Å². The van der Waals surface area contributed by atoms with Gasteiger partial charge in [-0.3, -0.25) is 4.79 Å². The molecule has 12 heavy (non-hydrogen) atoms. The SMILES string of the molecule is NC1CCC(OCCC(=O)O)C1. The van der Waals surface area contributed by atoms with Crippen LogP contribution in [0.3, 0.4) is 0 Å². The highest BCUT2D eigenvalue weighted by atomic mass is 16.5. The normalized spacial score (nSPS) is 29.1. The lowest BCUT2D eigenvalue weighted by Gasteiger charge is -2.09. The maximum atomic E-state index is 10.1. The summed E-state index contributed by atoms with van der Waals surface area (Å²) in [5.41, 5.74) is 5.66. The van der Waals surface area contributed by atoms with Gasteiger partial charge in [-0.05, 0) is 19.3 Å². The monoisotopic (exact) mass is 173 g/mol. The smallest absolute Gasteiger partial charge is 0.305 e. The minimum Gasteiger partial charge on any atom is -0.481 e. The van der Waals surface area contributed by atoms with E-state index in [0.29, 0.717) is 6.61 Å². The number of carboxylic acids is 1. The lowest BCUT2D eigenvalue weighted by atomic mass is 10.3. The third-order valence-corrected chi connectivity index (χ3v) is 2.09. The molecule has 0 bridgehead atoms. The van der Waals surface area contributed by atoms with Gasteiger partial charge in [0, 0.05) is 6.04 Å². The highest BCUT2D eigenvalue weighted by Crippen LogP contribution is 2.20. The Hall–Kier alpha value is -0.610. The lowest BCUT2D eigenvalue weighted by Crippen LogP contribution is -2.18. The van der Waals surface area contributed by atoms with Crippen LogP contribution < -0.4 is 5.73 Å². The summed E-state index contributed by atoms with van der Waals surface area (Å²) < 4.78 is 5.32. The average Bonchev–Trinajstić information content (AvgIpc) is 2.35. The number of ether oxygens (including phenoxy) is 1. The number of carbonyl (C=O) groups is 1. The topological polar surface area (TPSA) is 72.5 Å². The van der Waals surface area contributed by atoms with E-state index in [-0.39, 0.29) is 18.6 Å². The molecule has 0 amide bonds. The first-order chi connectivity index (χ1) is 5.68. The molecule has 3 N–H and O–H groups in total. The van der Waals surface area contributed by atoms with E-state index in [9.17, 15) is 4.79 Å². The molecule has 2 atom stereocenters. The van der Waals surface area contributed by atoms with Crippen LogP contribution in [0.1, 0.15) is 25.7 Å². The standard InChI is InChI=1S/C8H15NO3/c9-6-1-2-7(5-6)12-4-3-8(10)11/h6-7H,1-5,9H2,(H,10,11). The highest BCUT2D eigenvalue weighted by molar-refractivity contribution is 5.66. The van der Waals surface area contributed by atoms with Gasteiger partial charge in [-0.1, -0.05) is 0 Å². The lowest BCUT2D eigenvalue weighted by molar-refractivity contribution is -0.138. The molecule has 0 aromatic rings. The van der Waals surface area contributed by atoms with Crippen LogP contribution in [0, 0.1) is 0 Å². The summed E-state index contributed by atoms with van der Waals surface area (Å²) >= 11 is 0. The number of hydrogen-bond donors (Lipinski definition) is 2. The summed E-state index contributed by atoms with van der Waals surface area (Å²) in [6, 6.07) is 0.250. The first-order valence-corrected chi connectivity index (χ1v) is 4.27. The minimum atomic E-state index is -0.808. The van der Waals surface area contributed by atoms with Crippen molar-refractivity contribution in [2.75, 3.05) is 6.61 Å². The summed E-state index contributed by atoms with van der Waals surface area (Å²) in [7, 11) is 0. The third-order valence-electron chi connectivity index (χ3n) is 2.09. The number of hydrogen-bond acceptors (Lipinski definition) is 3. The largest absolute Gasteiger partial charge is 0.481 e. The molecule has 0 aromatic carbocycles. The quantitative estimate of drug-likeness (QED) is 0.643. The van der Waals surface area contributed by atoms with Crippen molar-refractivity contribution in [1.29, 1.82) is 0 Å². The van der Waals surface area contributed by atoms with Gasteiger partial charge >= 0.3 is 5.97 Å². The summed E-state index contributed by atoms with van der Waals surface area (Å²) in [5.74, 6) is -0.808. The molecular formula is C8H15NO3. The fourth-order valence-corrected chi connectivity index (χ4v) is 1.44. The van der Waals surface area contributed by atoms with E-state index in [0.717, 1.165) is 19.3 Å². The molecule has 70 valence electrons. The summed E-state index contributed by atoms with van der Waals surface area (Å²) in [6.45, 7) is 0.312. The molecule has 0 aliphatic heterocycles. The van der Waals surface area contributed by atoms with Gasteiger partial charge in [0.25, 0.3) is 0 Å². The van der Waals surface area contributed by atoms with Gasteiger partial charge in [-0.2, -0.15) is 0 Å². The van der Waals surface area contributed by atoms with Gasteiger partial charge in [-0.15, -0.1) is 0 Å². The Bertz CT molecular complexity index is 160. The fraction of sp³-hybridized carbons (Fsp3) is 0.875. The number of rotatable bonds is 4. The van der Waals surface area contributed by atoms with Gasteiger partial charge in [0.1, 0.15) is 0 Å². The Morgan fingerprint density at radius 2 is 2.33 bits per heavy atom. The van der Waals surface area contributed by atoms with Crippen LogP contribution in [0.5, 0.6) is 0 Å². The van der Waals surface area contributed by atoms with E-state index in [4.69, 9.17) is 15.6 Å². The molecule has 4 nitrogen and oxygen atoms in total. The second-order valence-electron chi connectivity index (χ2n) is 3.21. The third kappa shape index (κ3) is 3.19. The van der Waals surface area contributed by atoms with Crippen LogP contribution in [0.25, 0.3) is 0 Å². The van der Waals surface area contributed by atoms with E-state index in [1.54, 1.807) is 0 Å². The Kier molecular flexibility index (Phi) is 3.49. The molecule has 0 spiro atoms. The van der Waals surface area contributed by atoms with Gasteiger partial charge < -0.3 is 15.6 Å². The Morgan fingerprint density at radius 3 is 2.83 bits per heavy atom. The highest BCUT2D eigenvalue weighted by Gasteiger charge is 2.21. The van der Waals surface area contributed by atoms with Crippen molar-refractivity contribution in [3.8, 4) is 0 Å². The van der Waals surface area contributed by atoms with Crippen molar-refractivity contribution in [2.24, 2.45) is 5.73 Å². The van der Waals surface area contributed by atoms with E-state index < -0.39 is 5.97 Å². The predicted molar refractivity (Wildman–Crippen MR) is 43.8 cm³/mol. The summed E-state index contributed by atoms with van der Waals surface area (Å²) in [5, 5.41) is 8.33. The number of aliphatic carboxylic acids is 1. The Balaban J connectivity index is 2.04. The molecular weight excluding hydrogens is 158 g/mol. The zero-order chi connectivity index (χ0) is 8.97. The van der Waals surface area contributed by atoms with Crippen molar-refractivity contribution in [1.82, 2.24) is 0 Å². The molecule has 1 aliphatic rings. The zero-order valence-electron chi connectivity index (χ0n) is 7.03. The Morgan fingerprint density at radius 1 is 1.58 bits per heavy atom. The van der Waals surface area contributed by atoms with E-state index in [1.165, 1.54) is 0 Å². The van der Waals surface area contributed by atoms with Gasteiger partial charge in [0.2, 0.25) is 0 Å². The first kappa shape index (κ1) is 9.48. The van der Waals surface area contributed by atoms with E-state index >= 15 is 0 Å². The van der Waals surface area contributed by atoms with Crippen molar-refractivity contribution < 1.29 is 14.6 Å². The molecule has 4 heteroatoms. The van der Waals surface area contributed by atoms with Gasteiger partial charge in [0.05, 0.1) is 19.1 Å². The molecule has 2 unspecified atom stereocenters. The van der Waals surface area contributed by atoms with Crippen LogP contribution in [0.15, 0.2) is 0 Å². The maximum absolute atomic E-state index is 10.1. The Labute approximate surface area is 71.7 Å². The van der Waals surface area contributed by atoms with Crippen molar-refractivity contribution in [3.63, 3.8) is 0 Å². The van der Waals surface area contributed by atoms with Crippen molar-refractivity contribution in [3.05, 3.63) is 0 Å². The molecule has 0 radical (unpaired) electrons. The zero-order valence-corrected chi connectivity index (χ0v) is 7.03. The van der Waals surface area contributed by atoms with Crippen molar-refractivity contribution >= 4 is 5.97 Å². The predicted octanol–water partition coefficient (Wildman–Crippen LogP) is 0.357. The molecule has 1 rings (SSSR count). The second-order valence-corrected chi connectivity index (χ2v) is 3.21. The molecule has 0 saturated heterocycles. The molecule has 1 fully saturated rings. The summed E-state index contributed by atoms with van der Waals surface area (Å²) in [6.07, 6.45) is 3.13. The van der Waals surface area contributed by atoms with Crippen LogP contribution in [0.4, 0.5) is 0 Å². The van der Waals surface area contributed by atoms with Crippen LogP contribution in [0.2, 0.25) is 0 Å². The average molecular weight is 173 g/mol. The molecule has 0 aromatic heterocycles. The fourth-order valence-electron chi connectivity index (χ4n) is 1.44. The van der Waals surface area contributed by atoms with Crippen LogP contribution in [-0.2, 0) is 9.53 Å². The maximum Gasteiger partial charge on any atom is 0.305 e. The summed E-state index contributed by atoms with van der Waals surface area (Å²) in [4.78, 5) is 10.1. The van der Waals surface area contributed by atoms with E-state index in [2.05, 4.69) is 0 Å². The molecule has 1 saturated carbocycles. The minimum absolute atomic E-state index is 0.0890. The number of carboxylic acid groups (broad SMARTS) is 1. The number of nitrogens with two attached hydrogens (primary N) is 1. The second kappa shape index (κ2) is 4.42. The first-order valence-electron chi connectivity index (χ1n) is 4.27.